The van der Waals surface area contributed by atoms with Crippen LogP contribution in [0.5, 0.6) is 11.5 Å². The molecule has 27 heavy (non-hydrogen) atoms. The van der Waals surface area contributed by atoms with E-state index in [4.69, 9.17) is 9.47 Å². The molecular formula is C20H20N2O3S2. The Labute approximate surface area is 166 Å². The Morgan fingerprint density at radius 3 is 2.63 bits per heavy atom. The van der Waals surface area contributed by atoms with Gasteiger partial charge in [0.15, 0.2) is 4.34 Å². The summed E-state index contributed by atoms with van der Waals surface area (Å²) in [6.07, 6.45) is 0. The summed E-state index contributed by atoms with van der Waals surface area (Å²) in [7, 11) is 3.14. The minimum atomic E-state index is -0.115. The van der Waals surface area contributed by atoms with Crippen molar-refractivity contribution in [2.45, 2.75) is 11.3 Å². The van der Waals surface area contributed by atoms with Crippen molar-refractivity contribution < 1.29 is 14.3 Å². The molecule has 1 amide bonds. The number of nitrogens with zero attached hydrogens (tertiary/aromatic N) is 1. The Morgan fingerprint density at radius 1 is 1.15 bits per heavy atom. The molecule has 5 nitrogen and oxygen atoms in total. The molecule has 3 rings (SSSR count). The molecule has 2 aromatic carbocycles. The molecule has 0 saturated heterocycles. The van der Waals surface area contributed by atoms with Crippen LogP contribution < -0.4 is 14.8 Å². The van der Waals surface area contributed by atoms with E-state index in [9.17, 15) is 4.79 Å². The molecule has 0 aliphatic rings. The lowest BCUT2D eigenvalue weighted by molar-refractivity contribution is -0.113. The zero-order chi connectivity index (χ0) is 19.2. The molecule has 1 N–H and O–H groups in total. The van der Waals surface area contributed by atoms with Gasteiger partial charge in [0.1, 0.15) is 11.5 Å². The minimum absolute atomic E-state index is 0.115. The number of amides is 1. The predicted octanol–water partition coefficient (Wildman–Crippen LogP) is 4.87. The van der Waals surface area contributed by atoms with Gasteiger partial charge in [-0.1, -0.05) is 41.6 Å². The van der Waals surface area contributed by atoms with E-state index in [-0.39, 0.29) is 11.7 Å². The van der Waals surface area contributed by atoms with Gasteiger partial charge in [-0.3, -0.25) is 4.79 Å². The molecule has 140 valence electrons. The lowest BCUT2D eigenvalue weighted by Crippen LogP contribution is -2.14. The van der Waals surface area contributed by atoms with Crippen LogP contribution in [0.4, 0.5) is 5.69 Å². The fourth-order valence-electron chi connectivity index (χ4n) is 2.40. The van der Waals surface area contributed by atoms with Crippen molar-refractivity contribution in [2.24, 2.45) is 0 Å². The van der Waals surface area contributed by atoms with Crippen LogP contribution in [0.1, 0.15) is 5.56 Å². The third-order valence-corrected chi connectivity index (χ3v) is 5.86. The highest BCUT2D eigenvalue weighted by Crippen LogP contribution is 2.31. The van der Waals surface area contributed by atoms with Gasteiger partial charge in [0.25, 0.3) is 0 Å². The maximum Gasteiger partial charge on any atom is 0.234 e. The Balaban J connectivity index is 1.59. The first kappa shape index (κ1) is 19.3. The van der Waals surface area contributed by atoms with Crippen LogP contribution >= 0.6 is 23.1 Å². The number of carbonyl (C=O) groups excluding carboxylic acids is 1. The maximum atomic E-state index is 12.3. The summed E-state index contributed by atoms with van der Waals surface area (Å²) in [6.45, 7) is 2.06. The smallest absolute Gasteiger partial charge is 0.234 e. The number of benzene rings is 2. The molecule has 0 radical (unpaired) electrons. The number of hydrogen-bond acceptors (Lipinski definition) is 6. The van der Waals surface area contributed by atoms with E-state index in [2.05, 4.69) is 41.5 Å². The van der Waals surface area contributed by atoms with Gasteiger partial charge in [-0.15, -0.1) is 11.3 Å². The number of rotatable bonds is 7. The zero-order valence-electron chi connectivity index (χ0n) is 15.3. The van der Waals surface area contributed by atoms with E-state index < -0.39 is 0 Å². The van der Waals surface area contributed by atoms with Crippen LogP contribution in [0.25, 0.3) is 11.3 Å². The van der Waals surface area contributed by atoms with Crippen LogP contribution in [-0.2, 0) is 4.79 Å². The highest BCUT2D eigenvalue weighted by Gasteiger charge is 2.11. The summed E-state index contributed by atoms with van der Waals surface area (Å²) < 4.78 is 11.3. The predicted molar refractivity (Wildman–Crippen MR) is 111 cm³/mol. The molecule has 0 atom stereocenters. The molecule has 7 heteroatoms. The fraction of sp³-hybridized carbons (Fsp3) is 0.200. The number of methoxy groups -OCH3 is 2. The van der Waals surface area contributed by atoms with Gasteiger partial charge in [-0.25, -0.2) is 4.98 Å². The molecule has 0 saturated carbocycles. The van der Waals surface area contributed by atoms with E-state index in [1.54, 1.807) is 43.8 Å². The molecule has 1 heterocycles. The molecule has 1 aromatic heterocycles. The second kappa shape index (κ2) is 8.92. The maximum absolute atomic E-state index is 12.3. The summed E-state index contributed by atoms with van der Waals surface area (Å²) in [5.41, 5.74) is 3.84. The number of carbonyl (C=O) groups is 1. The van der Waals surface area contributed by atoms with Crippen LogP contribution in [-0.4, -0.2) is 30.9 Å². The Kier molecular flexibility index (Phi) is 6.36. The van der Waals surface area contributed by atoms with Gasteiger partial charge >= 0.3 is 0 Å². The number of hydrogen-bond donors (Lipinski definition) is 1. The zero-order valence-corrected chi connectivity index (χ0v) is 16.9. The molecule has 0 aliphatic heterocycles. The third-order valence-electron chi connectivity index (χ3n) is 3.84. The average Bonchev–Trinajstić information content (AvgIpc) is 3.16. The Bertz CT molecular complexity index is 923. The molecular weight excluding hydrogens is 380 g/mol. The van der Waals surface area contributed by atoms with E-state index >= 15 is 0 Å². The number of thiazole rings is 1. The largest absolute Gasteiger partial charge is 0.497 e. The van der Waals surface area contributed by atoms with Gasteiger partial charge in [-0.05, 0) is 19.1 Å². The van der Waals surface area contributed by atoms with Gasteiger partial charge in [-0.2, -0.15) is 0 Å². The first-order valence-corrected chi connectivity index (χ1v) is 10.1. The normalized spacial score (nSPS) is 10.5. The summed E-state index contributed by atoms with van der Waals surface area (Å²) in [5.74, 6) is 1.39. The molecule has 0 spiro atoms. The van der Waals surface area contributed by atoms with Gasteiger partial charge in [0.2, 0.25) is 5.91 Å². The van der Waals surface area contributed by atoms with E-state index in [1.165, 1.54) is 17.3 Å². The second-order valence-electron chi connectivity index (χ2n) is 5.77. The lowest BCUT2D eigenvalue weighted by atomic mass is 10.1. The first-order valence-electron chi connectivity index (χ1n) is 8.26. The second-order valence-corrected chi connectivity index (χ2v) is 7.85. The quantitative estimate of drug-likeness (QED) is 0.574. The SMILES string of the molecule is COc1ccc(NC(=O)CSc2nc(-c3ccc(C)cc3)cs2)c(OC)c1. The van der Waals surface area contributed by atoms with Crippen molar-refractivity contribution in [1.29, 1.82) is 0 Å². The van der Waals surface area contributed by atoms with Gasteiger partial charge in [0.05, 0.1) is 31.4 Å². The molecule has 0 unspecified atom stereocenters. The van der Waals surface area contributed by atoms with Crippen molar-refractivity contribution in [3.8, 4) is 22.8 Å². The standard InChI is InChI=1S/C20H20N2O3S2/c1-13-4-6-14(7-5-13)17-11-26-20(22-17)27-12-19(23)21-16-9-8-15(24-2)10-18(16)25-3/h4-11H,12H2,1-3H3,(H,21,23). The summed E-state index contributed by atoms with van der Waals surface area (Å²) in [4.78, 5) is 16.9. The lowest BCUT2D eigenvalue weighted by Gasteiger charge is -2.11. The topological polar surface area (TPSA) is 60.5 Å². The number of thioether (sulfide) groups is 1. The first-order chi connectivity index (χ1) is 13.1. The van der Waals surface area contributed by atoms with Crippen molar-refractivity contribution in [2.75, 3.05) is 25.3 Å². The molecule has 0 fully saturated rings. The highest BCUT2D eigenvalue weighted by atomic mass is 32.2. The van der Waals surface area contributed by atoms with Crippen molar-refractivity contribution in [3.63, 3.8) is 0 Å². The average molecular weight is 401 g/mol. The highest BCUT2D eigenvalue weighted by molar-refractivity contribution is 8.01. The van der Waals surface area contributed by atoms with Crippen LogP contribution in [0, 0.1) is 6.92 Å². The number of ether oxygens (including phenoxy) is 2. The van der Waals surface area contributed by atoms with E-state index in [1.807, 2.05) is 5.38 Å². The Hall–Kier alpha value is -2.51. The Morgan fingerprint density at radius 2 is 1.93 bits per heavy atom. The molecule has 0 aliphatic carbocycles. The van der Waals surface area contributed by atoms with Crippen molar-refractivity contribution in [1.82, 2.24) is 4.98 Å². The van der Waals surface area contributed by atoms with Gasteiger partial charge in [0, 0.05) is 17.0 Å². The fourth-order valence-corrected chi connectivity index (χ4v) is 4.03. The summed E-state index contributed by atoms with van der Waals surface area (Å²) >= 11 is 2.96. The molecule has 0 bridgehead atoms. The number of aromatic nitrogens is 1. The summed E-state index contributed by atoms with van der Waals surface area (Å²) in [5, 5.41) is 4.88. The third kappa shape index (κ3) is 5.02. The van der Waals surface area contributed by atoms with Crippen LogP contribution in [0.2, 0.25) is 0 Å². The molecule has 3 aromatic rings. The van der Waals surface area contributed by atoms with Crippen molar-refractivity contribution >= 4 is 34.7 Å². The number of nitrogens with one attached hydrogen (secondary N) is 1. The monoisotopic (exact) mass is 400 g/mol. The number of anilines is 1. The van der Waals surface area contributed by atoms with E-state index in [0.717, 1.165) is 15.6 Å². The van der Waals surface area contributed by atoms with Crippen LogP contribution in [0.15, 0.2) is 52.2 Å². The minimum Gasteiger partial charge on any atom is -0.497 e. The number of aryl methyl sites for hydroxylation is 1. The van der Waals surface area contributed by atoms with Crippen LogP contribution in [0.3, 0.4) is 0 Å². The van der Waals surface area contributed by atoms with Gasteiger partial charge < -0.3 is 14.8 Å². The van der Waals surface area contributed by atoms with E-state index in [0.29, 0.717) is 17.2 Å². The summed E-state index contributed by atoms with van der Waals surface area (Å²) in [6, 6.07) is 13.5. The van der Waals surface area contributed by atoms with Crippen molar-refractivity contribution in [3.05, 3.63) is 53.4 Å².